The number of pyridine rings is 1. The summed E-state index contributed by atoms with van der Waals surface area (Å²) in [4.78, 5) is 8.88. The minimum atomic E-state index is 0.493. The van der Waals surface area contributed by atoms with Gasteiger partial charge in [-0.3, -0.25) is 4.98 Å². The van der Waals surface area contributed by atoms with Crippen molar-refractivity contribution >= 4 is 5.96 Å². The van der Waals surface area contributed by atoms with Crippen molar-refractivity contribution < 1.29 is 0 Å². The molecule has 23 heavy (non-hydrogen) atoms. The quantitative estimate of drug-likeness (QED) is 0.671. The van der Waals surface area contributed by atoms with Gasteiger partial charge in [0.05, 0.1) is 12.2 Å². The number of guanidine groups is 1. The van der Waals surface area contributed by atoms with Crippen LogP contribution < -0.4 is 11.1 Å². The maximum atomic E-state index is 6.03. The van der Waals surface area contributed by atoms with E-state index in [2.05, 4.69) is 33.5 Å². The zero-order chi connectivity index (χ0) is 15.9. The molecular formula is C19H24N4. The number of nitrogens with two attached hydrogens (primary N) is 1. The molecule has 0 unspecified atom stereocenters. The van der Waals surface area contributed by atoms with E-state index in [1.54, 1.807) is 0 Å². The second-order valence-corrected chi connectivity index (χ2v) is 6.10. The normalized spacial score (nSPS) is 16.3. The number of aromatic nitrogens is 1. The Morgan fingerprint density at radius 2 is 2.00 bits per heavy atom. The van der Waals surface area contributed by atoms with E-state index in [4.69, 9.17) is 5.73 Å². The Kier molecular flexibility index (Phi) is 5.25. The fourth-order valence-corrected chi connectivity index (χ4v) is 3.04. The first-order valence-electron chi connectivity index (χ1n) is 8.38. The second kappa shape index (κ2) is 7.77. The van der Waals surface area contributed by atoms with Crippen molar-refractivity contribution in [3.05, 3.63) is 54.2 Å². The summed E-state index contributed by atoms with van der Waals surface area (Å²) in [6, 6.07) is 14.7. The van der Waals surface area contributed by atoms with E-state index in [-0.39, 0.29) is 0 Å². The van der Waals surface area contributed by atoms with Gasteiger partial charge in [0.25, 0.3) is 0 Å². The molecule has 2 aromatic rings. The molecule has 1 heterocycles. The van der Waals surface area contributed by atoms with E-state index in [1.165, 1.54) is 32.1 Å². The molecule has 1 aromatic carbocycles. The molecule has 1 aromatic heterocycles. The fraction of sp³-hybridized carbons (Fsp3) is 0.368. The van der Waals surface area contributed by atoms with Crippen molar-refractivity contribution in [1.82, 2.24) is 10.3 Å². The molecule has 0 bridgehead atoms. The average Bonchev–Trinajstić information content (AvgIpc) is 2.62. The van der Waals surface area contributed by atoms with Crippen LogP contribution in [0.1, 0.15) is 37.7 Å². The van der Waals surface area contributed by atoms with E-state index >= 15 is 0 Å². The van der Waals surface area contributed by atoms with Gasteiger partial charge < -0.3 is 11.1 Å². The lowest BCUT2D eigenvalue weighted by Crippen LogP contribution is -2.41. The molecule has 1 aliphatic rings. The summed E-state index contributed by atoms with van der Waals surface area (Å²) >= 11 is 0. The molecule has 4 heteroatoms. The summed E-state index contributed by atoms with van der Waals surface area (Å²) < 4.78 is 0. The maximum Gasteiger partial charge on any atom is 0.189 e. The first-order valence-corrected chi connectivity index (χ1v) is 8.38. The Hall–Kier alpha value is -2.36. The van der Waals surface area contributed by atoms with Crippen molar-refractivity contribution in [2.75, 3.05) is 0 Å². The third-order valence-electron chi connectivity index (χ3n) is 4.28. The van der Waals surface area contributed by atoms with Crippen LogP contribution in [-0.4, -0.2) is 17.0 Å². The molecule has 0 aliphatic heterocycles. The smallest absolute Gasteiger partial charge is 0.189 e. The highest BCUT2D eigenvalue weighted by Crippen LogP contribution is 2.19. The molecule has 0 spiro atoms. The molecule has 0 radical (unpaired) electrons. The van der Waals surface area contributed by atoms with Crippen molar-refractivity contribution in [1.29, 1.82) is 0 Å². The van der Waals surface area contributed by atoms with Gasteiger partial charge in [-0.1, -0.05) is 43.5 Å². The largest absolute Gasteiger partial charge is 0.370 e. The summed E-state index contributed by atoms with van der Waals surface area (Å²) in [6.45, 7) is 0.590. The molecule has 4 nitrogen and oxygen atoms in total. The topological polar surface area (TPSA) is 63.3 Å². The SMILES string of the molecule is NC(=NCc1cccc(-c2ccccn2)c1)NC1CCCCC1. The molecule has 0 saturated heterocycles. The molecule has 1 aliphatic carbocycles. The van der Waals surface area contributed by atoms with Gasteiger partial charge in [-0.2, -0.15) is 0 Å². The minimum absolute atomic E-state index is 0.493. The third kappa shape index (κ3) is 4.55. The number of benzene rings is 1. The van der Waals surface area contributed by atoms with Crippen molar-refractivity contribution in [2.24, 2.45) is 10.7 Å². The summed E-state index contributed by atoms with van der Waals surface area (Å²) in [5, 5.41) is 3.35. The number of nitrogens with zero attached hydrogens (tertiary/aromatic N) is 2. The Balaban J connectivity index is 1.62. The van der Waals surface area contributed by atoms with Crippen LogP contribution in [0.15, 0.2) is 53.7 Å². The maximum absolute atomic E-state index is 6.03. The molecule has 0 atom stereocenters. The summed E-state index contributed by atoms with van der Waals surface area (Å²) in [6.07, 6.45) is 8.13. The highest BCUT2D eigenvalue weighted by molar-refractivity contribution is 5.78. The monoisotopic (exact) mass is 308 g/mol. The lowest BCUT2D eigenvalue weighted by molar-refractivity contribution is 0.412. The van der Waals surface area contributed by atoms with E-state index in [0.717, 1.165) is 16.8 Å². The van der Waals surface area contributed by atoms with Crippen LogP contribution in [-0.2, 0) is 6.54 Å². The van der Waals surface area contributed by atoms with Crippen LogP contribution in [0.4, 0.5) is 0 Å². The van der Waals surface area contributed by atoms with Crippen LogP contribution >= 0.6 is 0 Å². The second-order valence-electron chi connectivity index (χ2n) is 6.10. The van der Waals surface area contributed by atoms with Crippen LogP contribution in [0.5, 0.6) is 0 Å². The Labute approximate surface area is 137 Å². The average molecular weight is 308 g/mol. The number of hydrogen-bond acceptors (Lipinski definition) is 2. The number of nitrogens with one attached hydrogen (secondary N) is 1. The van der Waals surface area contributed by atoms with E-state index in [1.807, 2.05) is 30.5 Å². The van der Waals surface area contributed by atoms with Crippen molar-refractivity contribution in [2.45, 2.75) is 44.7 Å². The molecule has 1 saturated carbocycles. The van der Waals surface area contributed by atoms with Crippen LogP contribution in [0.2, 0.25) is 0 Å². The fourth-order valence-electron chi connectivity index (χ4n) is 3.04. The highest BCUT2D eigenvalue weighted by atomic mass is 15.1. The summed E-state index contributed by atoms with van der Waals surface area (Å²) in [5.41, 5.74) is 9.26. The standard InChI is InChI=1S/C19H24N4/c20-19(23-17-9-2-1-3-10-17)22-14-15-7-6-8-16(13-15)18-11-4-5-12-21-18/h4-8,11-13,17H,1-3,9-10,14H2,(H3,20,22,23). The van der Waals surface area contributed by atoms with Gasteiger partial charge in [0.2, 0.25) is 0 Å². The predicted molar refractivity (Wildman–Crippen MR) is 95.0 cm³/mol. The lowest BCUT2D eigenvalue weighted by atomic mass is 9.96. The Morgan fingerprint density at radius 3 is 2.78 bits per heavy atom. The Bertz CT molecular complexity index is 645. The van der Waals surface area contributed by atoms with Crippen LogP contribution in [0.25, 0.3) is 11.3 Å². The lowest BCUT2D eigenvalue weighted by Gasteiger charge is -2.23. The number of hydrogen-bond donors (Lipinski definition) is 2. The van der Waals surface area contributed by atoms with Gasteiger partial charge in [0.15, 0.2) is 5.96 Å². The molecule has 0 amide bonds. The van der Waals surface area contributed by atoms with Crippen molar-refractivity contribution in [3.8, 4) is 11.3 Å². The number of rotatable bonds is 4. The summed E-state index contributed by atoms with van der Waals surface area (Å²) in [7, 11) is 0. The number of aliphatic imine (C=N–C) groups is 1. The first kappa shape index (κ1) is 15.5. The van der Waals surface area contributed by atoms with E-state index in [0.29, 0.717) is 18.5 Å². The van der Waals surface area contributed by atoms with Gasteiger partial charge in [-0.25, -0.2) is 4.99 Å². The van der Waals surface area contributed by atoms with Gasteiger partial charge in [0, 0.05) is 17.8 Å². The van der Waals surface area contributed by atoms with E-state index < -0.39 is 0 Å². The molecule has 3 N–H and O–H groups in total. The molecule has 1 fully saturated rings. The molecular weight excluding hydrogens is 284 g/mol. The summed E-state index contributed by atoms with van der Waals surface area (Å²) in [5.74, 6) is 0.556. The molecule has 120 valence electrons. The Morgan fingerprint density at radius 1 is 1.13 bits per heavy atom. The zero-order valence-electron chi connectivity index (χ0n) is 13.4. The molecule has 3 rings (SSSR count). The predicted octanol–water partition coefficient (Wildman–Crippen LogP) is 3.49. The van der Waals surface area contributed by atoms with Gasteiger partial charge >= 0.3 is 0 Å². The van der Waals surface area contributed by atoms with Crippen LogP contribution in [0, 0.1) is 0 Å². The third-order valence-corrected chi connectivity index (χ3v) is 4.28. The minimum Gasteiger partial charge on any atom is -0.370 e. The van der Waals surface area contributed by atoms with Crippen molar-refractivity contribution in [3.63, 3.8) is 0 Å². The van der Waals surface area contributed by atoms with Crippen LogP contribution in [0.3, 0.4) is 0 Å². The van der Waals surface area contributed by atoms with Gasteiger partial charge in [-0.05, 0) is 36.6 Å². The highest BCUT2D eigenvalue weighted by Gasteiger charge is 2.13. The zero-order valence-corrected chi connectivity index (χ0v) is 13.4. The van der Waals surface area contributed by atoms with Gasteiger partial charge in [-0.15, -0.1) is 0 Å². The van der Waals surface area contributed by atoms with Gasteiger partial charge in [0.1, 0.15) is 0 Å². The van der Waals surface area contributed by atoms with E-state index in [9.17, 15) is 0 Å². The first-order chi connectivity index (χ1) is 11.3.